The van der Waals surface area contributed by atoms with Crippen LogP contribution in [0, 0.1) is 0 Å². The van der Waals surface area contributed by atoms with Crippen molar-refractivity contribution in [2.75, 3.05) is 0 Å². The Hall–Kier alpha value is -2.60. The van der Waals surface area contributed by atoms with Crippen LogP contribution in [0.25, 0.3) is 0 Å². The maximum atomic E-state index is 12.0. The number of hydrogen-bond donors (Lipinski definition) is 2. The fourth-order valence-corrected chi connectivity index (χ4v) is 3.12. The fraction of sp³-hybridized carbons (Fsp3) is 0.118. The highest BCUT2D eigenvalue weighted by molar-refractivity contribution is 8.15. The van der Waals surface area contributed by atoms with Gasteiger partial charge in [-0.1, -0.05) is 54.2 Å². The van der Waals surface area contributed by atoms with E-state index in [4.69, 9.17) is 0 Å². The first-order chi connectivity index (χ1) is 11.2. The molecule has 1 unspecified atom stereocenters. The van der Waals surface area contributed by atoms with Gasteiger partial charge < -0.3 is 10.4 Å². The number of nitrogens with zero attached hydrogens (tertiary/aromatic N) is 2. The molecule has 0 spiro atoms. The molecule has 0 aromatic heterocycles. The predicted molar refractivity (Wildman–Crippen MR) is 92.8 cm³/mol. The van der Waals surface area contributed by atoms with Crippen molar-refractivity contribution in [1.82, 2.24) is 5.32 Å². The van der Waals surface area contributed by atoms with Crippen molar-refractivity contribution in [1.29, 1.82) is 0 Å². The van der Waals surface area contributed by atoms with Crippen LogP contribution in [0.3, 0.4) is 0 Å². The van der Waals surface area contributed by atoms with E-state index in [0.29, 0.717) is 17.2 Å². The summed E-state index contributed by atoms with van der Waals surface area (Å²) in [5, 5.41) is 20.6. The number of amides is 1. The average molecular weight is 325 g/mol. The summed E-state index contributed by atoms with van der Waals surface area (Å²) in [6.45, 7) is 0. The van der Waals surface area contributed by atoms with Crippen molar-refractivity contribution in [2.24, 2.45) is 10.2 Å². The standard InChI is InChI=1S/C17H15N3O2S/c21-14-9-5-4-8-13(14)11-18-20-17-19-16(22)15(23-17)10-12-6-2-1-3-7-12/h1-9,11,15,21H,10H2,(H,19,20,22)/b18-11-. The van der Waals surface area contributed by atoms with Crippen molar-refractivity contribution in [3.63, 3.8) is 0 Å². The number of carbonyl (C=O) groups excluding carboxylic acids is 1. The first-order valence-electron chi connectivity index (χ1n) is 7.13. The molecular formula is C17H15N3O2S. The van der Waals surface area contributed by atoms with Gasteiger partial charge in [-0.3, -0.25) is 4.79 Å². The summed E-state index contributed by atoms with van der Waals surface area (Å²) in [5.74, 6) is 0.0804. The maximum absolute atomic E-state index is 12.0. The predicted octanol–water partition coefficient (Wildman–Crippen LogP) is 2.56. The lowest BCUT2D eigenvalue weighted by molar-refractivity contribution is -0.118. The van der Waals surface area contributed by atoms with Crippen LogP contribution in [0.4, 0.5) is 0 Å². The number of nitrogens with one attached hydrogen (secondary N) is 1. The van der Waals surface area contributed by atoms with Gasteiger partial charge in [0.15, 0.2) is 5.17 Å². The summed E-state index contributed by atoms with van der Waals surface area (Å²) in [5.41, 5.74) is 1.69. The van der Waals surface area contributed by atoms with Crippen LogP contribution in [0.1, 0.15) is 11.1 Å². The number of aromatic hydroxyl groups is 1. The highest BCUT2D eigenvalue weighted by Gasteiger charge is 2.30. The van der Waals surface area contributed by atoms with Gasteiger partial charge in [0.2, 0.25) is 5.91 Å². The van der Waals surface area contributed by atoms with Gasteiger partial charge in [-0.25, -0.2) is 0 Å². The van der Waals surface area contributed by atoms with E-state index in [0.717, 1.165) is 5.56 Å². The molecule has 6 heteroatoms. The van der Waals surface area contributed by atoms with Crippen LogP contribution in [0.15, 0.2) is 64.8 Å². The first-order valence-corrected chi connectivity index (χ1v) is 8.01. The molecule has 1 aliphatic rings. The molecule has 2 aromatic rings. The largest absolute Gasteiger partial charge is 0.507 e. The molecular weight excluding hydrogens is 310 g/mol. The second-order valence-corrected chi connectivity index (χ2v) is 6.19. The normalized spacial score (nSPS) is 19.4. The highest BCUT2D eigenvalue weighted by atomic mass is 32.2. The molecule has 0 radical (unpaired) electrons. The molecule has 116 valence electrons. The number of phenolic OH excluding ortho intramolecular Hbond substituents is 1. The Kier molecular flexibility index (Phi) is 4.73. The molecule has 0 aliphatic carbocycles. The third-order valence-corrected chi connectivity index (χ3v) is 4.39. The molecule has 2 aromatic carbocycles. The molecule has 1 fully saturated rings. The Morgan fingerprint density at radius 1 is 1.13 bits per heavy atom. The molecule has 1 atom stereocenters. The topological polar surface area (TPSA) is 74.0 Å². The highest BCUT2D eigenvalue weighted by Crippen LogP contribution is 2.23. The van der Waals surface area contributed by atoms with Crippen LogP contribution >= 0.6 is 11.8 Å². The smallest absolute Gasteiger partial charge is 0.239 e. The summed E-state index contributed by atoms with van der Waals surface area (Å²) >= 11 is 1.37. The van der Waals surface area contributed by atoms with Crippen LogP contribution in [-0.4, -0.2) is 27.6 Å². The molecule has 0 saturated carbocycles. The van der Waals surface area contributed by atoms with Crippen LogP contribution in [0.2, 0.25) is 0 Å². The number of amidine groups is 1. The zero-order valence-electron chi connectivity index (χ0n) is 12.2. The molecule has 1 heterocycles. The van der Waals surface area contributed by atoms with Crippen molar-refractivity contribution in [3.05, 3.63) is 65.7 Å². The third-order valence-electron chi connectivity index (χ3n) is 3.32. The lowest BCUT2D eigenvalue weighted by atomic mass is 10.1. The monoisotopic (exact) mass is 325 g/mol. The number of rotatable bonds is 4. The van der Waals surface area contributed by atoms with E-state index < -0.39 is 0 Å². The number of hydrogen-bond acceptors (Lipinski definition) is 5. The van der Waals surface area contributed by atoms with Gasteiger partial charge in [0.05, 0.1) is 11.5 Å². The van der Waals surface area contributed by atoms with E-state index >= 15 is 0 Å². The summed E-state index contributed by atoms with van der Waals surface area (Å²) in [4.78, 5) is 12.0. The van der Waals surface area contributed by atoms with Crippen LogP contribution in [-0.2, 0) is 11.2 Å². The number of phenols is 1. The molecule has 5 nitrogen and oxygen atoms in total. The Morgan fingerprint density at radius 3 is 2.65 bits per heavy atom. The quantitative estimate of drug-likeness (QED) is 0.670. The fourth-order valence-electron chi connectivity index (χ4n) is 2.15. The minimum atomic E-state index is -0.198. The zero-order valence-corrected chi connectivity index (χ0v) is 13.0. The summed E-state index contributed by atoms with van der Waals surface area (Å²) in [7, 11) is 0. The van der Waals surface area contributed by atoms with E-state index in [1.807, 2.05) is 30.3 Å². The van der Waals surface area contributed by atoms with Gasteiger partial charge >= 0.3 is 0 Å². The van der Waals surface area contributed by atoms with Crippen LogP contribution in [0.5, 0.6) is 5.75 Å². The number of benzene rings is 2. The molecule has 0 bridgehead atoms. The zero-order chi connectivity index (χ0) is 16.1. The lowest BCUT2D eigenvalue weighted by Crippen LogP contribution is -2.25. The SMILES string of the molecule is O=C1N/C(=N\N=C/c2ccccc2O)SC1Cc1ccccc1. The Morgan fingerprint density at radius 2 is 1.87 bits per heavy atom. The molecule has 3 rings (SSSR count). The van der Waals surface area contributed by atoms with Gasteiger partial charge in [-0.05, 0) is 24.1 Å². The van der Waals surface area contributed by atoms with Crippen molar-refractivity contribution >= 4 is 29.1 Å². The van der Waals surface area contributed by atoms with Gasteiger partial charge in [0, 0.05) is 5.56 Å². The second-order valence-electron chi connectivity index (χ2n) is 4.99. The summed E-state index contributed by atoms with van der Waals surface area (Å²) < 4.78 is 0. The van der Waals surface area contributed by atoms with E-state index in [9.17, 15) is 9.90 Å². The lowest BCUT2D eigenvalue weighted by Gasteiger charge is -2.04. The Balaban J connectivity index is 1.64. The van der Waals surface area contributed by atoms with Gasteiger partial charge in [0.25, 0.3) is 0 Å². The molecule has 1 aliphatic heterocycles. The summed E-state index contributed by atoms with van der Waals surface area (Å²) in [6.07, 6.45) is 2.11. The number of carbonyl (C=O) groups is 1. The van der Waals surface area contributed by atoms with E-state index in [1.165, 1.54) is 18.0 Å². The van der Waals surface area contributed by atoms with Crippen LogP contribution < -0.4 is 5.32 Å². The van der Waals surface area contributed by atoms with Crippen molar-refractivity contribution in [3.8, 4) is 5.75 Å². The molecule has 23 heavy (non-hydrogen) atoms. The minimum absolute atomic E-state index is 0.0599. The average Bonchev–Trinajstić information content (AvgIpc) is 2.90. The Labute approximate surface area is 138 Å². The minimum Gasteiger partial charge on any atom is -0.507 e. The third kappa shape index (κ3) is 3.98. The van der Waals surface area contributed by atoms with Gasteiger partial charge in [-0.2, -0.15) is 5.10 Å². The maximum Gasteiger partial charge on any atom is 0.239 e. The first kappa shape index (κ1) is 15.3. The number of thioether (sulfide) groups is 1. The van der Waals surface area contributed by atoms with Gasteiger partial charge in [0.1, 0.15) is 5.75 Å². The number of para-hydroxylation sites is 1. The summed E-state index contributed by atoms with van der Waals surface area (Å²) in [6, 6.07) is 16.7. The van der Waals surface area contributed by atoms with Crippen molar-refractivity contribution < 1.29 is 9.90 Å². The van der Waals surface area contributed by atoms with E-state index in [1.54, 1.807) is 24.3 Å². The Bertz CT molecular complexity index is 759. The van der Waals surface area contributed by atoms with Gasteiger partial charge in [-0.15, -0.1) is 5.10 Å². The second kappa shape index (κ2) is 7.11. The molecule has 1 amide bonds. The van der Waals surface area contributed by atoms with E-state index in [2.05, 4.69) is 15.5 Å². The molecule has 1 saturated heterocycles. The van der Waals surface area contributed by atoms with Crippen molar-refractivity contribution in [2.45, 2.75) is 11.7 Å². The van der Waals surface area contributed by atoms with E-state index in [-0.39, 0.29) is 16.9 Å². The molecule has 2 N–H and O–H groups in total.